The second kappa shape index (κ2) is 11.0. The average Bonchev–Trinajstić information content (AvgIpc) is 3.11. The fraction of sp³-hybridized carbons (Fsp3) is 0. The van der Waals surface area contributed by atoms with E-state index in [2.05, 4.69) is 140 Å². The van der Waals surface area contributed by atoms with Gasteiger partial charge in [-0.05, 0) is 44.3 Å². The molecular weight excluding hydrogens is 534 g/mol. The second-order valence-electron chi connectivity index (χ2n) is 10.8. The van der Waals surface area contributed by atoms with Crippen LogP contribution in [0.25, 0.3) is 78.0 Å². The molecule has 8 rings (SSSR count). The van der Waals surface area contributed by atoms with Gasteiger partial charge >= 0.3 is 0 Å². The molecule has 206 valence electrons. The Balaban J connectivity index is 1.47. The SMILES string of the molecule is c1ccc(-c2nc(-c3ccc4ccccc4c3-c3ccccc3)nc(-c3c(-c4ccccc4)ccc4ccccc34)n2)cc1. The number of hydrogen-bond donors (Lipinski definition) is 0. The van der Waals surface area contributed by atoms with Crippen LogP contribution >= 0.6 is 0 Å². The smallest absolute Gasteiger partial charge is 0.165 e. The molecule has 7 aromatic carbocycles. The van der Waals surface area contributed by atoms with Gasteiger partial charge in [-0.3, -0.25) is 0 Å². The summed E-state index contributed by atoms with van der Waals surface area (Å²) < 4.78 is 0. The third-order valence-electron chi connectivity index (χ3n) is 8.14. The van der Waals surface area contributed by atoms with Gasteiger partial charge in [0.15, 0.2) is 17.5 Å². The van der Waals surface area contributed by atoms with Gasteiger partial charge < -0.3 is 0 Å². The van der Waals surface area contributed by atoms with Crippen LogP contribution in [0.15, 0.2) is 164 Å². The fourth-order valence-electron chi connectivity index (χ4n) is 6.07. The van der Waals surface area contributed by atoms with Crippen LogP contribution in [0.3, 0.4) is 0 Å². The van der Waals surface area contributed by atoms with Crippen molar-refractivity contribution in [3.8, 4) is 56.4 Å². The largest absolute Gasteiger partial charge is 0.208 e. The van der Waals surface area contributed by atoms with Crippen molar-refractivity contribution >= 4 is 21.5 Å². The van der Waals surface area contributed by atoms with Crippen LogP contribution < -0.4 is 0 Å². The standard InChI is InChI=1S/C41H27N3/c1-4-14-28(15-5-1)35-26-24-30-17-11-13-23-34(30)38(35)41-43-39(32-20-8-3-9-21-32)42-40(44-41)36-27-25-29-16-10-12-22-33(29)37(36)31-18-6-2-7-19-31/h1-27H. The Morgan fingerprint density at radius 3 is 1.36 bits per heavy atom. The Morgan fingerprint density at radius 1 is 0.273 bits per heavy atom. The van der Waals surface area contributed by atoms with E-state index in [1.54, 1.807) is 0 Å². The monoisotopic (exact) mass is 561 g/mol. The molecule has 0 aliphatic carbocycles. The van der Waals surface area contributed by atoms with Crippen molar-refractivity contribution in [3.63, 3.8) is 0 Å². The number of nitrogens with zero attached hydrogens (tertiary/aromatic N) is 3. The van der Waals surface area contributed by atoms with Crippen LogP contribution in [0.1, 0.15) is 0 Å². The zero-order chi connectivity index (χ0) is 29.3. The van der Waals surface area contributed by atoms with E-state index in [-0.39, 0.29) is 0 Å². The van der Waals surface area contributed by atoms with Gasteiger partial charge in [-0.15, -0.1) is 0 Å². The van der Waals surface area contributed by atoms with Gasteiger partial charge in [0.1, 0.15) is 0 Å². The lowest BCUT2D eigenvalue weighted by Crippen LogP contribution is -2.02. The molecule has 1 aromatic heterocycles. The molecular formula is C41H27N3. The lowest BCUT2D eigenvalue weighted by molar-refractivity contribution is 1.08. The van der Waals surface area contributed by atoms with Crippen LogP contribution in [-0.2, 0) is 0 Å². The van der Waals surface area contributed by atoms with Crippen molar-refractivity contribution in [1.29, 1.82) is 0 Å². The van der Waals surface area contributed by atoms with Crippen molar-refractivity contribution < 1.29 is 0 Å². The molecule has 1 heterocycles. The van der Waals surface area contributed by atoms with E-state index < -0.39 is 0 Å². The normalized spacial score (nSPS) is 11.2. The summed E-state index contributed by atoms with van der Waals surface area (Å²) in [6.07, 6.45) is 0. The zero-order valence-corrected chi connectivity index (χ0v) is 23.9. The van der Waals surface area contributed by atoms with E-state index in [0.717, 1.165) is 55.1 Å². The molecule has 0 unspecified atom stereocenters. The van der Waals surface area contributed by atoms with Crippen molar-refractivity contribution in [2.24, 2.45) is 0 Å². The van der Waals surface area contributed by atoms with Gasteiger partial charge in [0.25, 0.3) is 0 Å². The number of benzene rings is 7. The lowest BCUT2D eigenvalue weighted by Gasteiger charge is -2.17. The molecule has 3 nitrogen and oxygen atoms in total. The van der Waals surface area contributed by atoms with Crippen molar-refractivity contribution in [2.45, 2.75) is 0 Å². The lowest BCUT2D eigenvalue weighted by atomic mass is 9.92. The summed E-state index contributed by atoms with van der Waals surface area (Å²) in [6.45, 7) is 0. The summed E-state index contributed by atoms with van der Waals surface area (Å²) in [7, 11) is 0. The molecule has 0 bridgehead atoms. The Kier molecular flexibility index (Phi) is 6.47. The Hall–Kier alpha value is -5.93. The van der Waals surface area contributed by atoms with Crippen molar-refractivity contribution in [3.05, 3.63) is 164 Å². The fourth-order valence-corrected chi connectivity index (χ4v) is 6.07. The highest BCUT2D eigenvalue weighted by molar-refractivity contribution is 6.05. The molecule has 0 saturated heterocycles. The Bertz CT molecular complexity index is 2260. The summed E-state index contributed by atoms with van der Waals surface area (Å²) in [6, 6.07) is 56.8. The van der Waals surface area contributed by atoms with E-state index in [0.29, 0.717) is 17.5 Å². The summed E-state index contributed by atoms with van der Waals surface area (Å²) >= 11 is 0. The first-order valence-corrected chi connectivity index (χ1v) is 14.8. The molecule has 3 heteroatoms. The average molecular weight is 562 g/mol. The van der Waals surface area contributed by atoms with E-state index in [1.165, 1.54) is 5.39 Å². The summed E-state index contributed by atoms with van der Waals surface area (Å²) in [4.78, 5) is 15.6. The first kappa shape index (κ1) is 25.8. The molecule has 0 aliphatic rings. The van der Waals surface area contributed by atoms with Gasteiger partial charge in [-0.2, -0.15) is 0 Å². The minimum absolute atomic E-state index is 0.643. The van der Waals surface area contributed by atoms with E-state index in [1.807, 2.05) is 24.3 Å². The molecule has 0 atom stereocenters. The minimum atomic E-state index is 0.643. The van der Waals surface area contributed by atoms with Crippen LogP contribution in [0.4, 0.5) is 0 Å². The Labute approximate surface area is 256 Å². The maximum Gasteiger partial charge on any atom is 0.165 e. The molecule has 0 fully saturated rings. The molecule has 8 aromatic rings. The quantitative estimate of drug-likeness (QED) is 0.210. The van der Waals surface area contributed by atoms with Gasteiger partial charge in [0.05, 0.1) is 0 Å². The summed E-state index contributed by atoms with van der Waals surface area (Å²) in [5.74, 6) is 1.94. The van der Waals surface area contributed by atoms with Gasteiger partial charge in [-0.25, -0.2) is 15.0 Å². The highest BCUT2D eigenvalue weighted by Crippen LogP contribution is 2.40. The molecule has 0 N–H and O–H groups in total. The number of fused-ring (bicyclic) bond motifs is 2. The Morgan fingerprint density at radius 2 is 0.727 bits per heavy atom. The van der Waals surface area contributed by atoms with Crippen LogP contribution in [-0.4, -0.2) is 15.0 Å². The molecule has 0 saturated carbocycles. The van der Waals surface area contributed by atoms with Crippen LogP contribution in [0, 0.1) is 0 Å². The number of rotatable bonds is 5. The second-order valence-corrected chi connectivity index (χ2v) is 10.8. The van der Waals surface area contributed by atoms with Crippen molar-refractivity contribution in [2.75, 3.05) is 0 Å². The highest BCUT2D eigenvalue weighted by Gasteiger charge is 2.20. The first-order chi connectivity index (χ1) is 21.8. The molecule has 0 amide bonds. The van der Waals surface area contributed by atoms with E-state index >= 15 is 0 Å². The number of hydrogen-bond acceptors (Lipinski definition) is 3. The maximum absolute atomic E-state index is 5.31. The first-order valence-electron chi connectivity index (χ1n) is 14.8. The van der Waals surface area contributed by atoms with Crippen molar-refractivity contribution in [1.82, 2.24) is 15.0 Å². The molecule has 0 aliphatic heterocycles. The van der Waals surface area contributed by atoms with Gasteiger partial charge in [-0.1, -0.05) is 158 Å². The van der Waals surface area contributed by atoms with Crippen LogP contribution in [0.2, 0.25) is 0 Å². The van der Waals surface area contributed by atoms with Gasteiger partial charge in [0, 0.05) is 22.3 Å². The van der Waals surface area contributed by atoms with E-state index in [4.69, 9.17) is 15.0 Å². The zero-order valence-electron chi connectivity index (χ0n) is 23.9. The maximum atomic E-state index is 5.31. The molecule has 0 radical (unpaired) electrons. The van der Waals surface area contributed by atoms with E-state index in [9.17, 15) is 0 Å². The predicted molar refractivity (Wildman–Crippen MR) is 182 cm³/mol. The summed E-state index contributed by atoms with van der Waals surface area (Å²) in [5.41, 5.74) is 7.35. The third kappa shape index (κ3) is 4.61. The predicted octanol–water partition coefficient (Wildman–Crippen LogP) is 10.5. The topological polar surface area (TPSA) is 38.7 Å². The number of aromatic nitrogens is 3. The minimum Gasteiger partial charge on any atom is -0.208 e. The molecule has 0 spiro atoms. The van der Waals surface area contributed by atoms with Gasteiger partial charge in [0.2, 0.25) is 0 Å². The summed E-state index contributed by atoms with van der Waals surface area (Å²) in [5, 5.41) is 4.58. The molecule has 44 heavy (non-hydrogen) atoms. The van der Waals surface area contributed by atoms with Crippen LogP contribution in [0.5, 0.6) is 0 Å². The highest BCUT2D eigenvalue weighted by atomic mass is 15.0. The third-order valence-corrected chi connectivity index (χ3v) is 8.14.